The van der Waals surface area contributed by atoms with Crippen LogP contribution in [0.3, 0.4) is 0 Å². The number of amides is 1. The van der Waals surface area contributed by atoms with E-state index in [9.17, 15) is 19.8 Å². The second kappa shape index (κ2) is 11.5. The first-order valence-corrected chi connectivity index (χ1v) is 10.3. The summed E-state index contributed by atoms with van der Waals surface area (Å²) in [6.07, 6.45) is 10.2. The first kappa shape index (κ1) is 22.0. The molecule has 1 heterocycles. The van der Waals surface area contributed by atoms with Crippen molar-refractivity contribution in [2.45, 2.75) is 77.4 Å². The van der Waals surface area contributed by atoms with E-state index < -0.39 is 12.0 Å². The van der Waals surface area contributed by atoms with E-state index in [1.54, 1.807) is 6.20 Å². The van der Waals surface area contributed by atoms with Crippen LogP contribution in [0.25, 0.3) is 10.9 Å². The fourth-order valence-electron chi connectivity index (χ4n) is 3.42. The Morgan fingerprint density at radius 2 is 1.82 bits per heavy atom. The molecule has 0 radical (unpaired) electrons. The van der Waals surface area contributed by atoms with Crippen molar-refractivity contribution >= 4 is 22.8 Å². The number of aliphatic hydroxyl groups excluding tert-OH is 1. The molecule has 6 heteroatoms. The number of nitrogens with one attached hydrogen (secondary N) is 2. The van der Waals surface area contributed by atoms with Crippen molar-refractivity contribution in [2.24, 2.45) is 0 Å². The minimum Gasteiger partial charge on any atom is -0.480 e. The van der Waals surface area contributed by atoms with Gasteiger partial charge >= 0.3 is 5.97 Å². The molecule has 4 N–H and O–H groups in total. The van der Waals surface area contributed by atoms with Crippen LogP contribution in [0.1, 0.15) is 69.4 Å². The number of aromatic amines is 1. The van der Waals surface area contributed by atoms with Crippen LogP contribution in [0.4, 0.5) is 0 Å². The van der Waals surface area contributed by atoms with Crippen LogP contribution in [0.15, 0.2) is 24.4 Å². The third kappa shape index (κ3) is 6.68. The predicted molar refractivity (Wildman–Crippen MR) is 110 cm³/mol. The standard InChI is InChI=1S/C22H32N2O4/c1-2-3-4-5-6-7-8-9-21(26)24-20(22(27)28)13-17-14-23-19-11-10-16(15-25)12-18(17)19/h10-12,14,20,23,25H,2-9,13,15H2,1H3,(H,24,26)(H,27,28)/t20-/m0/s1. The highest BCUT2D eigenvalue weighted by Gasteiger charge is 2.21. The Hall–Kier alpha value is -2.34. The molecule has 0 bridgehead atoms. The van der Waals surface area contributed by atoms with Gasteiger partial charge in [0.15, 0.2) is 0 Å². The number of carbonyl (C=O) groups is 2. The molecule has 0 aliphatic heterocycles. The monoisotopic (exact) mass is 388 g/mol. The molecule has 1 atom stereocenters. The normalized spacial score (nSPS) is 12.2. The number of rotatable bonds is 13. The average Bonchev–Trinajstić information content (AvgIpc) is 3.08. The van der Waals surface area contributed by atoms with Gasteiger partial charge in [0.2, 0.25) is 5.91 Å². The van der Waals surface area contributed by atoms with E-state index in [1.807, 2.05) is 18.2 Å². The summed E-state index contributed by atoms with van der Waals surface area (Å²) in [5, 5.41) is 22.4. The molecule has 0 aliphatic rings. The maximum absolute atomic E-state index is 12.2. The van der Waals surface area contributed by atoms with Crippen LogP contribution >= 0.6 is 0 Å². The zero-order valence-electron chi connectivity index (χ0n) is 16.7. The van der Waals surface area contributed by atoms with E-state index in [0.29, 0.717) is 6.42 Å². The molecule has 2 rings (SSSR count). The van der Waals surface area contributed by atoms with Crippen LogP contribution in [0.2, 0.25) is 0 Å². The molecule has 0 unspecified atom stereocenters. The van der Waals surface area contributed by atoms with Crippen molar-refractivity contribution in [3.8, 4) is 0 Å². The Bertz CT molecular complexity index is 769. The lowest BCUT2D eigenvalue weighted by Crippen LogP contribution is -2.42. The third-order valence-electron chi connectivity index (χ3n) is 5.08. The van der Waals surface area contributed by atoms with E-state index in [4.69, 9.17) is 0 Å². The number of aromatic nitrogens is 1. The summed E-state index contributed by atoms with van der Waals surface area (Å²) >= 11 is 0. The van der Waals surface area contributed by atoms with Crippen LogP contribution in [0.5, 0.6) is 0 Å². The number of unbranched alkanes of at least 4 members (excludes halogenated alkanes) is 6. The number of carbonyl (C=O) groups excluding carboxylic acids is 1. The summed E-state index contributed by atoms with van der Waals surface area (Å²) in [4.78, 5) is 26.9. The molecule has 1 aromatic carbocycles. The summed E-state index contributed by atoms with van der Waals surface area (Å²) < 4.78 is 0. The smallest absolute Gasteiger partial charge is 0.326 e. The summed E-state index contributed by atoms with van der Waals surface area (Å²) in [7, 11) is 0. The fraction of sp³-hybridized carbons (Fsp3) is 0.545. The number of benzene rings is 1. The number of carboxylic acid groups (broad SMARTS) is 1. The van der Waals surface area contributed by atoms with Gasteiger partial charge in [-0.25, -0.2) is 4.79 Å². The molecule has 0 spiro atoms. The van der Waals surface area contributed by atoms with E-state index in [0.717, 1.165) is 41.3 Å². The first-order valence-electron chi connectivity index (χ1n) is 10.3. The third-order valence-corrected chi connectivity index (χ3v) is 5.08. The lowest BCUT2D eigenvalue weighted by molar-refractivity contribution is -0.141. The van der Waals surface area contributed by atoms with E-state index in [2.05, 4.69) is 17.2 Å². The summed E-state index contributed by atoms with van der Waals surface area (Å²) in [5.74, 6) is -1.25. The molecule has 1 amide bonds. The van der Waals surface area contributed by atoms with Crippen LogP contribution < -0.4 is 5.32 Å². The zero-order chi connectivity index (χ0) is 20.4. The van der Waals surface area contributed by atoms with Gasteiger partial charge in [-0.2, -0.15) is 0 Å². The van der Waals surface area contributed by atoms with E-state index in [-0.39, 0.29) is 18.9 Å². The summed E-state index contributed by atoms with van der Waals surface area (Å²) in [5.41, 5.74) is 2.46. The van der Waals surface area contributed by atoms with Crippen molar-refractivity contribution in [1.82, 2.24) is 10.3 Å². The average molecular weight is 389 g/mol. The van der Waals surface area contributed by atoms with Crippen LogP contribution in [0, 0.1) is 0 Å². The molecule has 0 fully saturated rings. The van der Waals surface area contributed by atoms with Crippen LogP contribution in [-0.4, -0.2) is 33.1 Å². The first-order chi connectivity index (χ1) is 13.5. The van der Waals surface area contributed by atoms with Gasteiger partial charge in [-0.1, -0.05) is 51.5 Å². The quantitative estimate of drug-likeness (QED) is 0.391. The van der Waals surface area contributed by atoms with Crippen molar-refractivity contribution in [3.63, 3.8) is 0 Å². The second-order valence-corrected chi connectivity index (χ2v) is 7.39. The highest BCUT2D eigenvalue weighted by Crippen LogP contribution is 2.21. The Morgan fingerprint density at radius 3 is 2.50 bits per heavy atom. The number of carboxylic acids is 1. The highest BCUT2D eigenvalue weighted by molar-refractivity contribution is 5.87. The van der Waals surface area contributed by atoms with Crippen molar-refractivity contribution < 1.29 is 19.8 Å². The number of H-pyrrole nitrogens is 1. The molecular formula is C22H32N2O4. The minimum atomic E-state index is -1.04. The maximum atomic E-state index is 12.2. The van der Waals surface area contributed by atoms with Gasteiger partial charge in [-0.15, -0.1) is 0 Å². The lowest BCUT2D eigenvalue weighted by Gasteiger charge is -2.14. The molecule has 2 aromatic rings. The van der Waals surface area contributed by atoms with Crippen molar-refractivity contribution in [2.75, 3.05) is 0 Å². The predicted octanol–water partition coefficient (Wildman–Crippen LogP) is 3.91. The zero-order valence-corrected chi connectivity index (χ0v) is 16.7. The minimum absolute atomic E-state index is 0.0713. The second-order valence-electron chi connectivity index (χ2n) is 7.39. The maximum Gasteiger partial charge on any atom is 0.326 e. The molecule has 28 heavy (non-hydrogen) atoms. The molecule has 0 saturated carbocycles. The van der Waals surface area contributed by atoms with Gasteiger partial charge in [-0.05, 0) is 29.7 Å². The SMILES string of the molecule is CCCCCCCCCC(=O)N[C@@H](Cc1c[nH]c2ccc(CO)cc12)C(=O)O. The summed E-state index contributed by atoms with van der Waals surface area (Å²) in [6.45, 7) is 2.11. The molecule has 0 saturated heterocycles. The molecular weight excluding hydrogens is 356 g/mol. The van der Waals surface area contributed by atoms with Gasteiger partial charge in [0.25, 0.3) is 0 Å². The topological polar surface area (TPSA) is 102 Å². The highest BCUT2D eigenvalue weighted by atomic mass is 16.4. The number of fused-ring (bicyclic) bond motifs is 1. The Balaban J connectivity index is 1.86. The number of hydrogen-bond donors (Lipinski definition) is 4. The molecule has 154 valence electrons. The Labute approximate surface area is 166 Å². The van der Waals surface area contributed by atoms with Crippen LogP contribution in [-0.2, 0) is 22.6 Å². The van der Waals surface area contributed by atoms with Gasteiger partial charge in [-0.3, -0.25) is 4.79 Å². The Morgan fingerprint density at radius 1 is 1.11 bits per heavy atom. The largest absolute Gasteiger partial charge is 0.480 e. The number of aliphatic hydroxyl groups is 1. The molecule has 6 nitrogen and oxygen atoms in total. The number of aliphatic carboxylic acids is 1. The van der Waals surface area contributed by atoms with E-state index >= 15 is 0 Å². The van der Waals surface area contributed by atoms with Gasteiger partial charge in [0.1, 0.15) is 6.04 Å². The fourth-order valence-corrected chi connectivity index (χ4v) is 3.42. The van der Waals surface area contributed by atoms with Crippen molar-refractivity contribution in [3.05, 3.63) is 35.5 Å². The van der Waals surface area contributed by atoms with E-state index in [1.165, 1.54) is 25.7 Å². The van der Waals surface area contributed by atoms with Gasteiger partial charge < -0.3 is 20.5 Å². The lowest BCUT2D eigenvalue weighted by atomic mass is 10.0. The van der Waals surface area contributed by atoms with Gasteiger partial charge in [0.05, 0.1) is 6.61 Å². The summed E-state index contributed by atoms with van der Waals surface area (Å²) in [6, 6.07) is 4.56. The van der Waals surface area contributed by atoms with Gasteiger partial charge in [0, 0.05) is 29.9 Å². The number of hydrogen-bond acceptors (Lipinski definition) is 3. The molecule has 0 aliphatic carbocycles. The Kier molecular flexibility index (Phi) is 9.01. The molecule has 1 aromatic heterocycles. The van der Waals surface area contributed by atoms with Crippen molar-refractivity contribution in [1.29, 1.82) is 0 Å².